The van der Waals surface area contributed by atoms with Gasteiger partial charge in [-0.1, -0.05) is 6.07 Å². The second-order valence-electron chi connectivity index (χ2n) is 6.60. The number of esters is 1. The number of para-hydroxylation sites is 1. The number of carbonyl (C=O) groups is 2. The van der Waals surface area contributed by atoms with Gasteiger partial charge in [-0.05, 0) is 24.3 Å². The van der Waals surface area contributed by atoms with Gasteiger partial charge in [0.25, 0.3) is 0 Å². The smallest absolute Gasteiger partial charge is 0.415 e. The number of amides is 1. The van der Waals surface area contributed by atoms with E-state index in [1.807, 2.05) is 0 Å². The third-order valence-electron chi connectivity index (χ3n) is 4.48. The van der Waals surface area contributed by atoms with Crippen molar-refractivity contribution in [2.24, 2.45) is 5.73 Å². The number of ether oxygens (including phenoxy) is 5. The largest absolute Gasteiger partial charge is 0.490 e. The summed E-state index contributed by atoms with van der Waals surface area (Å²) in [4.78, 5) is 25.3. The molecule has 0 saturated carbocycles. The van der Waals surface area contributed by atoms with Crippen molar-refractivity contribution in [2.75, 3.05) is 24.8 Å². The molecule has 3 N–H and O–H groups in total. The maximum absolute atomic E-state index is 12.5. The first-order chi connectivity index (χ1) is 14.4. The van der Waals surface area contributed by atoms with Crippen molar-refractivity contribution in [2.45, 2.75) is 13.0 Å². The number of fused-ring (bicyclic) bond motifs is 1. The number of anilines is 1. The molecule has 1 fully saturated rings. The van der Waals surface area contributed by atoms with Crippen LogP contribution in [0.1, 0.15) is 12.5 Å². The Bertz CT molecular complexity index is 1020. The number of cyclic esters (lactones) is 1. The molecule has 4 rings (SSSR count). The number of amidine groups is 1. The molecule has 2 heterocycles. The van der Waals surface area contributed by atoms with E-state index >= 15 is 0 Å². The second kappa shape index (κ2) is 7.82. The lowest BCUT2D eigenvalue weighted by atomic mass is 10.1. The van der Waals surface area contributed by atoms with E-state index in [9.17, 15) is 9.59 Å². The van der Waals surface area contributed by atoms with E-state index in [4.69, 9.17) is 34.8 Å². The maximum atomic E-state index is 12.5. The summed E-state index contributed by atoms with van der Waals surface area (Å²) in [5, 5.41) is 7.70. The van der Waals surface area contributed by atoms with Crippen LogP contribution < -0.4 is 29.6 Å². The summed E-state index contributed by atoms with van der Waals surface area (Å²) in [7, 11) is 0. The highest BCUT2D eigenvalue weighted by atomic mass is 16.7. The summed E-state index contributed by atoms with van der Waals surface area (Å²) in [6, 6.07) is 9.91. The van der Waals surface area contributed by atoms with Crippen molar-refractivity contribution in [3.05, 3.63) is 42.0 Å². The minimum absolute atomic E-state index is 0.0341. The molecule has 1 unspecified atom stereocenters. The molecule has 156 valence electrons. The summed E-state index contributed by atoms with van der Waals surface area (Å²) in [6.07, 6.45) is -1.18. The molecule has 2 aromatic carbocycles. The monoisotopic (exact) mass is 413 g/mol. The number of nitrogen functional groups attached to an aromatic ring is 1. The van der Waals surface area contributed by atoms with Crippen molar-refractivity contribution < 1.29 is 33.3 Å². The number of rotatable bonds is 6. The van der Waals surface area contributed by atoms with Gasteiger partial charge in [0, 0.05) is 13.0 Å². The molecule has 1 amide bonds. The number of hydrogen-bond acceptors (Lipinski definition) is 8. The van der Waals surface area contributed by atoms with Crippen molar-refractivity contribution >= 4 is 23.6 Å². The van der Waals surface area contributed by atoms with Crippen molar-refractivity contribution in [1.82, 2.24) is 0 Å². The lowest BCUT2D eigenvalue weighted by Gasteiger charge is -2.19. The van der Waals surface area contributed by atoms with Crippen LogP contribution in [-0.4, -0.2) is 43.9 Å². The molecule has 0 bridgehead atoms. The summed E-state index contributed by atoms with van der Waals surface area (Å²) in [6.45, 7) is 1.67. The average molecular weight is 413 g/mol. The van der Waals surface area contributed by atoms with Crippen molar-refractivity contribution in [3.8, 4) is 23.0 Å². The number of benzene rings is 2. The molecule has 10 heteroatoms. The fourth-order valence-corrected chi connectivity index (χ4v) is 3.16. The Morgan fingerprint density at radius 3 is 2.83 bits per heavy atom. The van der Waals surface area contributed by atoms with Crippen LogP contribution >= 0.6 is 0 Å². The zero-order valence-electron chi connectivity index (χ0n) is 16.0. The van der Waals surface area contributed by atoms with Crippen LogP contribution in [0.25, 0.3) is 0 Å². The highest BCUT2D eigenvalue weighted by molar-refractivity contribution is 6.02. The summed E-state index contributed by atoms with van der Waals surface area (Å²) in [5.41, 5.74) is 6.08. The SMILES string of the molecule is CC(=O)Oc1c(C(=N)N)cccc1N1CC(COc2ccc3c(c2)OCO3)OC1=O. The zero-order valence-corrected chi connectivity index (χ0v) is 16.0. The minimum atomic E-state index is -0.622. The molecular weight excluding hydrogens is 394 g/mol. The first kappa shape index (κ1) is 19.4. The van der Waals surface area contributed by atoms with Gasteiger partial charge in [-0.2, -0.15) is 0 Å². The molecule has 30 heavy (non-hydrogen) atoms. The van der Waals surface area contributed by atoms with E-state index in [2.05, 4.69) is 0 Å². The third kappa shape index (κ3) is 3.79. The van der Waals surface area contributed by atoms with Crippen LogP contribution in [0.3, 0.4) is 0 Å². The molecule has 2 aliphatic heterocycles. The van der Waals surface area contributed by atoms with Gasteiger partial charge in [0.05, 0.1) is 17.8 Å². The summed E-state index contributed by atoms with van der Waals surface area (Å²) >= 11 is 0. The Labute approximate surface area is 171 Å². The van der Waals surface area contributed by atoms with E-state index in [-0.39, 0.29) is 42.8 Å². The number of nitrogens with one attached hydrogen (secondary N) is 1. The van der Waals surface area contributed by atoms with Gasteiger partial charge >= 0.3 is 12.1 Å². The zero-order chi connectivity index (χ0) is 21.3. The molecule has 1 atom stereocenters. The van der Waals surface area contributed by atoms with Crippen molar-refractivity contribution in [3.63, 3.8) is 0 Å². The highest BCUT2D eigenvalue weighted by Gasteiger charge is 2.35. The maximum Gasteiger partial charge on any atom is 0.415 e. The minimum Gasteiger partial charge on any atom is -0.490 e. The van der Waals surface area contributed by atoms with E-state index in [0.717, 1.165) is 0 Å². The van der Waals surface area contributed by atoms with Crippen LogP contribution in [-0.2, 0) is 9.53 Å². The number of hydrogen-bond donors (Lipinski definition) is 2. The topological polar surface area (TPSA) is 133 Å². The van der Waals surface area contributed by atoms with Gasteiger partial charge in [0.15, 0.2) is 23.4 Å². The van der Waals surface area contributed by atoms with E-state index < -0.39 is 18.2 Å². The van der Waals surface area contributed by atoms with Crippen LogP contribution in [0.15, 0.2) is 36.4 Å². The Morgan fingerprint density at radius 1 is 1.27 bits per heavy atom. The molecule has 1 saturated heterocycles. The number of nitrogens with zero attached hydrogens (tertiary/aromatic N) is 1. The predicted molar refractivity (Wildman–Crippen MR) is 104 cm³/mol. The van der Waals surface area contributed by atoms with Crippen molar-refractivity contribution in [1.29, 1.82) is 5.41 Å². The molecule has 0 spiro atoms. The van der Waals surface area contributed by atoms with Gasteiger partial charge in [0.2, 0.25) is 6.79 Å². The van der Waals surface area contributed by atoms with Gasteiger partial charge in [-0.25, -0.2) is 4.79 Å². The van der Waals surface area contributed by atoms with E-state index in [0.29, 0.717) is 17.2 Å². The molecule has 2 aliphatic rings. The van der Waals surface area contributed by atoms with Crippen LogP contribution in [0, 0.1) is 5.41 Å². The fourth-order valence-electron chi connectivity index (χ4n) is 3.16. The highest BCUT2D eigenvalue weighted by Crippen LogP contribution is 2.36. The van der Waals surface area contributed by atoms with Crippen LogP contribution in [0.4, 0.5) is 10.5 Å². The summed E-state index contributed by atoms with van der Waals surface area (Å²) in [5.74, 6) is 0.928. The average Bonchev–Trinajstić information content (AvgIpc) is 3.31. The molecule has 2 aromatic rings. The normalized spacial score (nSPS) is 16.9. The Kier molecular flexibility index (Phi) is 5.05. The standard InChI is InChI=1S/C20H19N3O7/c1-11(24)29-18-14(19(21)22)3-2-4-15(18)23-8-13(30-20(23)25)9-26-12-5-6-16-17(7-12)28-10-27-16/h2-7,13H,8-10H2,1H3,(H3,21,22). The molecule has 0 aromatic heterocycles. The van der Waals surface area contributed by atoms with Crippen LogP contribution in [0.5, 0.6) is 23.0 Å². The number of nitrogens with two attached hydrogens (primary N) is 1. The molecule has 10 nitrogen and oxygen atoms in total. The lowest BCUT2D eigenvalue weighted by molar-refractivity contribution is -0.131. The lowest BCUT2D eigenvalue weighted by Crippen LogP contribution is -2.28. The third-order valence-corrected chi connectivity index (χ3v) is 4.48. The van der Waals surface area contributed by atoms with Gasteiger partial charge in [-0.15, -0.1) is 0 Å². The van der Waals surface area contributed by atoms with Crippen LogP contribution in [0.2, 0.25) is 0 Å². The molecule has 0 aliphatic carbocycles. The fraction of sp³-hybridized carbons (Fsp3) is 0.250. The molecule has 0 radical (unpaired) electrons. The van der Waals surface area contributed by atoms with Gasteiger partial charge in [0.1, 0.15) is 18.2 Å². The molecular formula is C20H19N3O7. The first-order valence-electron chi connectivity index (χ1n) is 9.09. The predicted octanol–water partition coefficient (Wildman–Crippen LogP) is 2.03. The van der Waals surface area contributed by atoms with Gasteiger partial charge in [-0.3, -0.25) is 15.1 Å². The number of carbonyl (C=O) groups excluding carboxylic acids is 2. The first-order valence-corrected chi connectivity index (χ1v) is 9.09. The van der Waals surface area contributed by atoms with Gasteiger partial charge < -0.3 is 29.4 Å². The van der Waals surface area contributed by atoms with E-state index in [1.54, 1.807) is 30.3 Å². The quantitative estimate of drug-likeness (QED) is 0.318. The Balaban J connectivity index is 1.49. The second-order valence-corrected chi connectivity index (χ2v) is 6.60. The Morgan fingerprint density at radius 2 is 2.07 bits per heavy atom. The van der Waals surface area contributed by atoms with E-state index in [1.165, 1.54) is 17.9 Å². The Hall–Kier alpha value is -3.95. The summed E-state index contributed by atoms with van der Waals surface area (Å²) < 4.78 is 26.9.